The van der Waals surface area contributed by atoms with Crippen molar-refractivity contribution >= 4 is 40.0 Å². The molecular formula is C23H17ClN4OS. The summed E-state index contributed by atoms with van der Waals surface area (Å²) in [5.41, 5.74) is 3.72. The molecule has 3 aromatic carbocycles. The number of halogens is 1. The van der Waals surface area contributed by atoms with E-state index in [0.717, 1.165) is 33.2 Å². The first kappa shape index (κ1) is 18.9. The zero-order chi connectivity index (χ0) is 20.7. The predicted molar refractivity (Wildman–Crippen MR) is 122 cm³/mol. The van der Waals surface area contributed by atoms with Crippen molar-refractivity contribution in [1.82, 2.24) is 19.2 Å². The molecule has 0 N–H and O–H groups in total. The lowest BCUT2D eigenvalue weighted by Gasteiger charge is -2.11. The third-order valence-corrected chi connectivity index (χ3v) is 6.22. The lowest BCUT2D eigenvalue weighted by molar-refractivity contribution is 0.930. The summed E-state index contributed by atoms with van der Waals surface area (Å²) in [6, 6.07) is 23.2. The summed E-state index contributed by atoms with van der Waals surface area (Å²) >= 11 is 7.56. The summed E-state index contributed by atoms with van der Waals surface area (Å²) in [7, 11) is 0. The third-order valence-electron chi connectivity index (χ3n) is 4.97. The highest BCUT2D eigenvalue weighted by Crippen LogP contribution is 2.26. The Bertz CT molecular complexity index is 1420. The van der Waals surface area contributed by atoms with Gasteiger partial charge in [0.15, 0.2) is 5.16 Å². The number of aryl methyl sites for hydroxylation is 1. The Kier molecular flexibility index (Phi) is 4.81. The zero-order valence-electron chi connectivity index (χ0n) is 16.1. The molecule has 0 radical (unpaired) electrons. The number of nitrogens with zero attached hydrogens (tertiary/aromatic N) is 4. The van der Waals surface area contributed by atoms with E-state index in [1.807, 2.05) is 84.1 Å². The van der Waals surface area contributed by atoms with Crippen LogP contribution in [0.4, 0.5) is 0 Å². The van der Waals surface area contributed by atoms with E-state index in [9.17, 15) is 4.79 Å². The monoisotopic (exact) mass is 432 g/mol. The number of thioether (sulfide) groups is 1. The van der Waals surface area contributed by atoms with Crippen LogP contribution in [0, 0.1) is 6.92 Å². The third kappa shape index (κ3) is 3.28. The van der Waals surface area contributed by atoms with Crippen LogP contribution in [0.2, 0.25) is 5.02 Å². The van der Waals surface area contributed by atoms with Gasteiger partial charge in [-0.2, -0.15) is 0 Å². The minimum Gasteiger partial charge on any atom is -0.268 e. The SMILES string of the molecule is Cc1ccc(-n2c(=O)c3ccccc3n3c(SCc4ccc(Cl)cc4)nnc23)cc1. The van der Waals surface area contributed by atoms with Crippen LogP contribution in [0.15, 0.2) is 82.7 Å². The molecule has 0 atom stereocenters. The predicted octanol–water partition coefficient (Wildman–Crippen LogP) is 5.29. The number of benzene rings is 3. The first-order valence-electron chi connectivity index (χ1n) is 9.45. The van der Waals surface area contributed by atoms with Gasteiger partial charge in [-0.05, 0) is 48.9 Å². The van der Waals surface area contributed by atoms with Crippen LogP contribution in [-0.2, 0) is 5.75 Å². The normalized spacial score (nSPS) is 11.4. The van der Waals surface area contributed by atoms with Crippen molar-refractivity contribution < 1.29 is 0 Å². The molecule has 0 saturated heterocycles. The van der Waals surface area contributed by atoms with Crippen LogP contribution < -0.4 is 5.56 Å². The molecule has 5 nitrogen and oxygen atoms in total. The second-order valence-electron chi connectivity index (χ2n) is 7.03. The largest absolute Gasteiger partial charge is 0.268 e. The molecular weight excluding hydrogens is 416 g/mol. The Labute approximate surface area is 182 Å². The second kappa shape index (κ2) is 7.63. The highest BCUT2D eigenvalue weighted by molar-refractivity contribution is 7.98. The van der Waals surface area contributed by atoms with Crippen molar-refractivity contribution in [2.75, 3.05) is 0 Å². The van der Waals surface area contributed by atoms with Crippen molar-refractivity contribution in [3.63, 3.8) is 0 Å². The summed E-state index contributed by atoms with van der Waals surface area (Å²) in [6.45, 7) is 2.02. The van der Waals surface area contributed by atoms with Gasteiger partial charge in [0.1, 0.15) is 0 Å². The van der Waals surface area contributed by atoms with Gasteiger partial charge in [0.05, 0.1) is 16.6 Å². The quantitative estimate of drug-likeness (QED) is 0.362. The molecule has 2 heterocycles. The van der Waals surface area contributed by atoms with Crippen molar-refractivity contribution in [1.29, 1.82) is 0 Å². The van der Waals surface area contributed by atoms with E-state index in [1.54, 1.807) is 16.3 Å². The smallest absolute Gasteiger partial charge is 0.267 e. The average Bonchev–Trinajstić information content (AvgIpc) is 3.18. The van der Waals surface area contributed by atoms with Crippen LogP contribution in [0.25, 0.3) is 22.4 Å². The van der Waals surface area contributed by atoms with Gasteiger partial charge in [-0.25, -0.2) is 4.57 Å². The molecule has 0 aliphatic rings. The van der Waals surface area contributed by atoms with Crippen molar-refractivity contribution in [3.8, 4) is 5.69 Å². The Morgan fingerprint density at radius 3 is 2.43 bits per heavy atom. The van der Waals surface area contributed by atoms with Gasteiger partial charge in [0.25, 0.3) is 5.56 Å². The zero-order valence-corrected chi connectivity index (χ0v) is 17.7. The van der Waals surface area contributed by atoms with E-state index >= 15 is 0 Å². The van der Waals surface area contributed by atoms with Gasteiger partial charge >= 0.3 is 0 Å². The molecule has 0 bridgehead atoms. The summed E-state index contributed by atoms with van der Waals surface area (Å²) in [4.78, 5) is 13.3. The van der Waals surface area contributed by atoms with E-state index in [2.05, 4.69) is 10.2 Å². The molecule has 0 fully saturated rings. The number of hydrogen-bond acceptors (Lipinski definition) is 4. The summed E-state index contributed by atoms with van der Waals surface area (Å²) < 4.78 is 3.58. The van der Waals surface area contributed by atoms with Crippen molar-refractivity contribution in [2.45, 2.75) is 17.8 Å². The summed E-state index contributed by atoms with van der Waals surface area (Å²) in [6.07, 6.45) is 0. The summed E-state index contributed by atoms with van der Waals surface area (Å²) in [5.74, 6) is 1.22. The first-order chi connectivity index (χ1) is 14.6. The number of para-hydroxylation sites is 1. The van der Waals surface area contributed by atoms with E-state index in [4.69, 9.17) is 11.6 Å². The van der Waals surface area contributed by atoms with Gasteiger partial charge < -0.3 is 0 Å². The van der Waals surface area contributed by atoms with Crippen LogP contribution in [0.5, 0.6) is 0 Å². The standard InChI is InChI=1S/C23H17ClN4OS/c1-15-6-12-18(13-7-15)27-21(29)19-4-2-3-5-20(19)28-22(27)25-26-23(28)30-14-16-8-10-17(24)11-9-16/h2-13H,14H2,1H3. The molecule has 5 rings (SSSR count). The molecule has 0 unspecified atom stereocenters. The van der Waals surface area contributed by atoms with Gasteiger partial charge in [-0.3, -0.25) is 9.20 Å². The minimum atomic E-state index is -0.108. The molecule has 0 spiro atoms. The fourth-order valence-electron chi connectivity index (χ4n) is 3.43. The Hall–Kier alpha value is -3.09. The van der Waals surface area contributed by atoms with Gasteiger partial charge in [-0.15, -0.1) is 10.2 Å². The number of hydrogen-bond donors (Lipinski definition) is 0. The maximum Gasteiger partial charge on any atom is 0.267 e. The molecule has 0 aliphatic carbocycles. The molecule has 5 aromatic rings. The fraction of sp³-hybridized carbons (Fsp3) is 0.0870. The fourth-order valence-corrected chi connectivity index (χ4v) is 4.45. The maximum atomic E-state index is 13.3. The van der Waals surface area contributed by atoms with Crippen LogP contribution >= 0.6 is 23.4 Å². The molecule has 148 valence electrons. The van der Waals surface area contributed by atoms with E-state index in [1.165, 1.54) is 0 Å². The minimum absolute atomic E-state index is 0.108. The Morgan fingerprint density at radius 2 is 1.67 bits per heavy atom. The maximum absolute atomic E-state index is 13.3. The van der Waals surface area contributed by atoms with Crippen LogP contribution in [0.1, 0.15) is 11.1 Å². The van der Waals surface area contributed by atoms with Crippen LogP contribution in [0.3, 0.4) is 0 Å². The second-order valence-corrected chi connectivity index (χ2v) is 8.41. The number of fused-ring (bicyclic) bond motifs is 3. The molecule has 0 saturated carbocycles. The average molecular weight is 433 g/mol. The summed E-state index contributed by atoms with van der Waals surface area (Å²) in [5, 5.41) is 10.9. The van der Waals surface area contributed by atoms with Gasteiger partial charge in [0.2, 0.25) is 5.78 Å². The molecule has 7 heteroatoms. The number of rotatable bonds is 4. The molecule has 0 aliphatic heterocycles. The first-order valence-corrected chi connectivity index (χ1v) is 10.8. The van der Waals surface area contributed by atoms with E-state index < -0.39 is 0 Å². The van der Waals surface area contributed by atoms with Crippen LogP contribution in [-0.4, -0.2) is 19.2 Å². The Morgan fingerprint density at radius 1 is 0.933 bits per heavy atom. The van der Waals surface area contributed by atoms with Crippen molar-refractivity contribution in [2.24, 2.45) is 0 Å². The van der Waals surface area contributed by atoms with Crippen molar-refractivity contribution in [3.05, 3.63) is 99.3 Å². The lowest BCUT2D eigenvalue weighted by atomic mass is 10.2. The Balaban J connectivity index is 1.69. The number of aromatic nitrogens is 4. The molecule has 2 aromatic heterocycles. The van der Waals surface area contributed by atoms with E-state index in [0.29, 0.717) is 16.2 Å². The molecule has 30 heavy (non-hydrogen) atoms. The highest BCUT2D eigenvalue weighted by Gasteiger charge is 2.17. The topological polar surface area (TPSA) is 52.2 Å². The molecule has 0 amide bonds. The van der Waals surface area contributed by atoms with Gasteiger partial charge in [0, 0.05) is 10.8 Å². The van der Waals surface area contributed by atoms with Gasteiger partial charge in [-0.1, -0.05) is 65.3 Å². The van der Waals surface area contributed by atoms with E-state index in [-0.39, 0.29) is 5.56 Å². The highest BCUT2D eigenvalue weighted by atomic mass is 35.5. The lowest BCUT2D eigenvalue weighted by Crippen LogP contribution is -2.21.